The van der Waals surface area contributed by atoms with Crippen molar-refractivity contribution in [2.75, 3.05) is 15.6 Å². The molecule has 12 heteroatoms. The van der Waals surface area contributed by atoms with Crippen LogP contribution in [0.3, 0.4) is 0 Å². The Morgan fingerprint density at radius 2 is 1.74 bits per heavy atom. The van der Waals surface area contributed by atoms with Gasteiger partial charge in [-0.25, -0.2) is 9.79 Å². The van der Waals surface area contributed by atoms with Gasteiger partial charge in [0.1, 0.15) is 18.3 Å². The summed E-state index contributed by atoms with van der Waals surface area (Å²) < 4.78 is 40.9. The third-order valence-electron chi connectivity index (χ3n) is 5.57. The van der Waals surface area contributed by atoms with E-state index in [-0.39, 0.29) is 11.7 Å². The van der Waals surface area contributed by atoms with Gasteiger partial charge in [-0.1, -0.05) is 44.2 Å². The van der Waals surface area contributed by atoms with E-state index in [2.05, 4.69) is 31.1 Å². The molecule has 0 saturated carbocycles. The molecule has 4 rings (SSSR count). The zero-order valence-corrected chi connectivity index (χ0v) is 20.5. The molecule has 0 radical (unpaired) electrons. The van der Waals surface area contributed by atoms with Crippen LogP contribution in [0.4, 0.5) is 35.0 Å². The number of amides is 2. The molecule has 0 saturated heterocycles. The van der Waals surface area contributed by atoms with Crippen LogP contribution in [0, 0.1) is 0 Å². The Morgan fingerprint density at radius 3 is 2.39 bits per heavy atom. The number of nitrogens with zero attached hydrogens (tertiary/aromatic N) is 2. The number of hydrogen-bond donors (Lipinski definition) is 5. The number of ether oxygens (including phenoxy) is 1. The molecular formula is C26H27F3N6O3. The lowest BCUT2D eigenvalue weighted by atomic mass is 10.0. The van der Waals surface area contributed by atoms with Crippen LogP contribution < -0.4 is 31.1 Å². The fraction of sp³-hybridized carbons (Fsp3) is 0.231. The Morgan fingerprint density at radius 1 is 1.05 bits per heavy atom. The van der Waals surface area contributed by atoms with Gasteiger partial charge in [-0.05, 0) is 59.5 Å². The number of carbonyl (C=O) groups excluding carboxylic acids is 1. The molecule has 2 atom stereocenters. The van der Waals surface area contributed by atoms with E-state index >= 15 is 0 Å². The molecule has 0 fully saturated rings. The number of alkyl halides is 3. The number of anilines is 3. The van der Waals surface area contributed by atoms with E-state index in [0.29, 0.717) is 17.1 Å². The lowest BCUT2D eigenvalue weighted by Gasteiger charge is -2.20. The van der Waals surface area contributed by atoms with Crippen LogP contribution in [0.25, 0.3) is 0 Å². The Labute approximate surface area is 217 Å². The van der Waals surface area contributed by atoms with Crippen molar-refractivity contribution >= 4 is 29.4 Å². The van der Waals surface area contributed by atoms with Crippen molar-refractivity contribution in [2.24, 2.45) is 4.99 Å². The van der Waals surface area contributed by atoms with Crippen molar-refractivity contribution in [1.29, 1.82) is 0 Å². The quantitative estimate of drug-likeness (QED) is 0.255. The van der Waals surface area contributed by atoms with Gasteiger partial charge in [-0.15, -0.1) is 13.2 Å². The summed E-state index contributed by atoms with van der Waals surface area (Å²) in [7, 11) is 0. The predicted octanol–water partition coefficient (Wildman–Crippen LogP) is 5.27. The van der Waals surface area contributed by atoms with E-state index in [9.17, 15) is 23.1 Å². The van der Waals surface area contributed by atoms with E-state index < -0.39 is 24.9 Å². The first-order valence-corrected chi connectivity index (χ1v) is 11.7. The molecule has 2 amide bonds. The van der Waals surface area contributed by atoms with Gasteiger partial charge in [-0.2, -0.15) is 5.43 Å². The van der Waals surface area contributed by atoms with Gasteiger partial charge in [0.2, 0.25) is 6.35 Å². The second-order valence-corrected chi connectivity index (χ2v) is 8.72. The number of benzene rings is 3. The van der Waals surface area contributed by atoms with Crippen LogP contribution in [-0.4, -0.2) is 30.2 Å². The number of halogens is 3. The lowest BCUT2D eigenvalue weighted by molar-refractivity contribution is -0.274. The standard InChI is InChI=1S/C26H27F3N6O3/c1-16(2)21-5-3-4-6-22(21)32-25(37)33-24(36)31-18-9-7-17(8-10-18)23-30-15-35(34-23)19-11-13-20(14-12-19)38-26(27,28)29/h3-16,23-24,31,34,36H,1-2H3,(H2,32,33,37). The first-order chi connectivity index (χ1) is 18.1. The van der Waals surface area contributed by atoms with Crippen LogP contribution in [-0.2, 0) is 0 Å². The predicted molar refractivity (Wildman–Crippen MR) is 139 cm³/mol. The minimum Gasteiger partial charge on any atom is -0.406 e. The van der Waals surface area contributed by atoms with Crippen molar-refractivity contribution in [2.45, 2.75) is 38.6 Å². The van der Waals surface area contributed by atoms with Gasteiger partial charge in [0.25, 0.3) is 0 Å². The Kier molecular flexibility index (Phi) is 8.03. The summed E-state index contributed by atoms with van der Waals surface area (Å²) in [6.07, 6.45) is -4.99. The highest BCUT2D eigenvalue weighted by molar-refractivity contribution is 5.90. The molecule has 5 N–H and O–H groups in total. The van der Waals surface area contributed by atoms with E-state index in [1.54, 1.807) is 35.3 Å². The number of urea groups is 1. The largest absolute Gasteiger partial charge is 0.573 e. The van der Waals surface area contributed by atoms with Crippen LogP contribution in [0.5, 0.6) is 5.75 Å². The number of para-hydroxylation sites is 1. The van der Waals surface area contributed by atoms with Crippen molar-refractivity contribution in [3.8, 4) is 5.75 Å². The number of nitrogens with one attached hydrogen (secondary N) is 4. The van der Waals surface area contributed by atoms with Crippen molar-refractivity contribution < 1.29 is 27.8 Å². The van der Waals surface area contributed by atoms with Gasteiger partial charge in [0, 0.05) is 11.4 Å². The molecule has 1 aliphatic rings. The Balaban J connectivity index is 1.28. The topological polar surface area (TPSA) is 110 Å². The Hall–Kier alpha value is -4.29. The SMILES string of the molecule is CC(C)c1ccccc1NC(=O)NC(O)Nc1ccc(C2N=CN(c3ccc(OC(F)(F)F)cc3)N2)cc1. The van der Waals surface area contributed by atoms with Crippen LogP contribution in [0.1, 0.15) is 37.1 Å². The second-order valence-electron chi connectivity index (χ2n) is 8.72. The summed E-state index contributed by atoms with van der Waals surface area (Å²) in [4.78, 5) is 16.7. The summed E-state index contributed by atoms with van der Waals surface area (Å²) in [5.74, 6) is -0.0937. The first kappa shape index (κ1) is 26.8. The molecule has 3 aromatic rings. The number of aliphatic hydroxyl groups excluding tert-OH is 1. The van der Waals surface area contributed by atoms with E-state index in [1.807, 2.05) is 32.0 Å². The molecule has 9 nitrogen and oxygen atoms in total. The third kappa shape index (κ3) is 7.14. The fourth-order valence-corrected chi connectivity index (χ4v) is 3.79. The molecule has 200 valence electrons. The normalized spacial score (nSPS) is 15.9. The van der Waals surface area contributed by atoms with Crippen molar-refractivity contribution in [3.63, 3.8) is 0 Å². The zero-order valence-electron chi connectivity index (χ0n) is 20.5. The maximum atomic E-state index is 12.3. The average molecular weight is 529 g/mol. The lowest BCUT2D eigenvalue weighted by Crippen LogP contribution is -2.42. The van der Waals surface area contributed by atoms with Crippen molar-refractivity contribution in [3.05, 3.63) is 83.9 Å². The smallest absolute Gasteiger partial charge is 0.406 e. The number of rotatable bonds is 8. The van der Waals surface area contributed by atoms with Gasteiger partial charge in [0.05, 0.1) is 5.69 Å². The number of hydrazine groups is 1. The summed E-state index contributed by atoms with van der Waals surface area (Å²) in [5.41, 5.74) is 6.71. The highest BCUT2D eigenvalue weighted by Crippen LogP contribution is 2.28. The van der Waals surface area contributed by atoms with Crippen LogP contribution in [0.2, 0.25) is 0 Å². The summed E-state index contributed by atoms with van der Waals surface area (Å²) in [6, 6.07) is 19.3. The Bertz CT molecular complexity index is 1270. The molecule has 38 heavy (non-hydrogen) atoms. The number of aliphatic imine (C=N–C) groups is 1. The summed E-state index contributed by atoms with van der Waals surface area (Å²) >= 11 is 0. The van der Waals surface area contributed by atoms with Crippen molar-refractivity contribution in [1.82, 2.24) is 10.7 Å². The molecule has 0 spiro atoms. The highest BCUT2D eigenvalue weighted by Gasteiger charge is 2.31. The van der Waals surface area contributed by atoms with Gasteiger partial charge >= 0.3 is 12.4 Å². The molecule has 2 unspecified atom stereocenters. The highest BCUT2D eigenvalue weighted by atomic mass is 19.4. The zero-order chi connectivity index (χ0) is 27.3. The van der Waals surface area contributed by atoms with E-state index in [4.69, 9.17) is 0 Å². The summed E-state index contributed by atoms with van der Waals surface area (Å²) in [6.45, 7) is 4.05. The molecule has 0 aliphatic carbocycles. The molecular weight excluding hydrogens is 501 g/mol. The molecule has 0 aromatic heterocycles. The minimum absolute atomic E-state index is 0.220. The van der Waals surface area contributed by atoms with Crippen LogP contribution >= 0.6 is 0 Å². The maximum Gasteiger partial charge on any atom is 0.573 e. The van der Waals surface area contributed by atoms with Gasteiger partial charge in [-0.3, -0.25) is 10.3 Å². The average Bonchev–Trinajstić information content (AvgIpc) is 3.34. The second kappa shape index (κ2) is 11.4. The summed E-state index contributed by atoms with van der Waals surface area (Å²) in [5, 5.41) is 19.8. The number of aliphatic hydroxyl groups is 1. The molecule has 3 aromatic carbocycles. The molecule has 1 aliphatic heterocycles. The maximum absolute atomic E-state index is 12.3. The number of hydrogen-bond acceptors (Lipinski definition) is 7. The number of carbonyl (C=O) groups is 1. The fourth-order valence-electron chi connectivity index (χ4n) is 3.79. The minimum atomic E-state index is -4.75. The monoisotopic (exact) mass is 528 g/mol. The molecule has 1 heterocycles. The van der Waals surface area contributed by atoms with Gasteiger partial charge in [0.15, 0.2) is 0 Å². The first-order valence-electron chi connectivity index (χ1n) is 11.7. The third-order valence-corrected chi connectivity index (χ3v) is 5.57. The van der Waals surface area contributed by atoms with Crippen LogP contribution in [0.15, 0.2) is 77.8 Å². The van der Waals surface area contributed by atoms with Gasteiger partial charge < -0.3 is 20.5 Å². The molecule has 0 bridgehead atoms. The van der Waals surface area contributed by atoms with E-state index in [1.165, 1.54) is 30.6 Å². The van der Waals surface area contributed by atoms with E-state index in [0.717, 1.165) is 11.1 Å².